The number of pyridine rings is 1. The Bertz CT molecular complexity index is 1060. The second-order valence-corrected chi connectivity index (χ2v) is 6.72. The van der Waals surface area contributed by atoms with Crippen molar-refractivity contribution in [1.29, 1.82) is 0 Å². The van der Waals surface area contributed by atoms with E-state index in [0.29, 0.717) is 29.1 Å². The Balaban J connectivity index is 2.09. The Morgan fingerprint density at radius 2 is 2.25 bits per heavy atom. The van der Waals surface area contributed by atoms with Gasteiger partial charge in [0.05, 0.1) is 30.0 Å². The van der Waals surface area contributed by atoms with Gasteiger partial charge in [-0.15, -0.1) is 11.3 Å². The number of nitro groups is 1. The summed E-state index contributed by atoms with van der Waals surface area (Å²) in [6.45, 7) is 2.71. The van der Waals surface area contributed by atoms with Crippen LogP contribution >= 0.6 is 11.3 Å². The van der Waals surface area contributed by atoms with Crippen molar-refractivity contribution in [3.8, 4) is 11.3 Å². The van der Waals surface area contributed by atoms with Gasteiger partial charge < -0.3 is 4.74 Å². The fourth-order valence-corrected chi connectivity index (χ4v) is 3.36. The monoisotopic (exact) mass is 397 g/mol. The zero-order chi connectivity index (χ0) is 19.9. The van der Waals surface area contributed by atoms with E-state index in [0.717, 1.165) is 11.3 Å². The molecule has 0 aliphatic rings. The van der Waals surface area contributed by atoms with Gasteiger partial charge in [0, 0.05) is 47.6 Å². The minimum atomic E-state index is -0.377. The molecule has 3 rings (SSSR count). The number of ether oxygens (including phenoxy) is 1. The summed E-state index contributed by atoms with van der Waals surface area (Å²) in [6, 6.07) is 8.86. The molecule has 0 radical (unpaired) electrons. The van der Waals surface area contributed by atoms with Crippen LogP contribution in [-0.2, 0) is 4.74 Å². The molecule has 28 heavy (non-hydrogen) atoms. The maximum absolute atomic E-state index is 11.3. The second-order valence-electron chi connectivity index (χ2n) is 5.88. The van der Waals surface area contributed by atoms with E-state index in [1.54, 1.807) is 49.5 Å². The molecule has 0 spiro atoms. The van der Waals surface area contributed by atoms with Crippen molar-refractivity contribution in [2.45, 2.75) is 6.92 Å². The first-order valence-corrected chi connectivity index (χ1v) is 9.38. The number of methoxy groups -OCH3 is 1. The summed E-state index contributed by atoms with van der Waals surface area (Å²) in [5, 5.41) is 17.7. The molecule has 0 amide bonds. The van der Waals surface area contributed by atoms with Gasteiger partial charge in [-0.3, -0.25) is 20.1 Å². The van der Waals surface area contributed by atoms with E-state index in [-0.39, 0.29) is 10.6 Å². The molecular weight excluding hydrogens is 378 g/mol. The SMILES string of the molecule is COCCN=c1scc(-c2ccc(C)c([N+](=O)[O-])c2)n1/N=C\c1cccnc1. The van der Waals surface area contributed by atoms with Crippen LogP contribution in [0.4, 0.5) is 5.69 Å². The highest BCUT2D eigenvalue weighted by molar-refractivity contribution is 7.07. The number of thiazole rings is 1. The number of aromatic nitrogens is 2. The normalized spacial score (nSPS) is 12.0. The van der Waals surface area contributed by atoms with Crippen LogP contribution in [0, 0.1) is 17.0 Å². The molecule has 0 saturated carbocycles. The van der Waals surface area contributed by atoms with E-state index in [1.165, 1.54) is 11.3 Å². The average molecular weight is 397 g/mol. The molecule has 0 saturated heterocycles. The number of nitrogens with zero attached hydrogens (tertiary/aromatic N) is 5. The maximum atomic E-state index is 11.3. The quantitative estimate of drug-likeness (QED) is 0.265. The molecule has 8 nitrogen and oxygen atoms in total. The van der Waals surface area contributed by atoms with Gasteiger partial charge in [-0.05, 0) is 13.0 Å². The minimum absolute atomic E-state index is 0.0735. The molecule has 3 aromatic rings. The Labute approximate surface area is 165 Å². The minimum Gasteiger partial charge on any atom is -0.383 e. The molecule has 0 N–H and O–H groups in total. The zero-order valence-electron chi connectivity index (χ0n) is 15.5. The third-order valence-corrected chi connectivity index (χ3v) is 4.79. The van der Waals surface area contributed by atoms with Crippen molar-refractivity contribution in [2.24, 2.45) is 10.1 Å². The fourth-order valence-electron chi connectivity index (χ4n) is 2.49. The van der Waals surface area contributed by atoms with E-state index in [9.17, 15) is 10.1 Å². The third-order valence-electron chi connectivity index (χ3n) is 3.94. The highest BCUT2D eigenvalue weighted by Crippen LogP contribution is 2.27. The highest BCUT2D eigenvalue weighted by atomic mass is 32.1. The Morgan fingerprint density at radius 3 is 2.96 bits per heavy atom. The molecule has 144 valence electrons. The lowest BCUT2D eigenvalue weighted by molar-refractivity contribution is -0.385. The van der Waals surface area contributed by atoms with E-state index in [4.69, 9.17) is 4.74 Å². The third kappa shape index (κ3) is 4.56. The summed E-state index contributed by atoms with van der Waals surface area (Å²) in [5.74, 6) is 0. The van der Waals surface area contributed by atoms with Gasteiger partial charge in [0.1, 0.15) is 0 Å². The van der Waals surface area contributed by atoms with Gasteiger partial charge in [0.15, 0.2) is 0 Å². The predicted molar refractivity (Wildman–Crippen MR) is 109 cm³/mol. The standard InChI is InChI=1S/C19H19N5O3S/c1-14-5-6-16(10-17(14)24(25)26)18-13-28-19(21-8-9-27-2)23(18)22-12-15-4-3-7-20-11-15/h3-7,10-13H,8-9H2,1-2H3/b21-19?,22-12-. The van der Waals surface area contributed by atoms with Crippen LogP contribution in [0.5, 0.6) is 0 Å². The summed E-state index contributed by atoms with van der Waals surface area (Å²) < 4.78 is 6.74. The molecule has 0 unspecified atom stereocenters. The van der Waals surface area contributed by atoms with Crippen molar-refractivity contribution in [1.82, 2.24) is 9.66 Å². The molecule has 0 aliphatic heterocycles. The molecule has 1 aromatic carbocycles. The molecule has 2 aromatic heterocycles. The number of aryl methyl sites for hydroxylation is 1. The smallest absolute Gasteiger partial charge is 0.272 e. The Hall–Kier alpha value is -3.17. The molecule has 0 aliphatic carbocycles. The molecule has 0 fully saturated rings. The number of benzene rings is 1. The van der Waals surface area contributed by atoms with Crippen LogP contribution in [0.3, 0.4) is 0 Å². The first-order valence-electron chi connectivity index (χ1n) is 8.50. The number of nitro benzene ring substituents is 1. The molecule has 9 heteroatoms. The van der Waals surface area contributed by atoms with E-state index in [2.05, 4.69) is 15.1 Å². The lowest BCUT2D eigenvalue weighted by atomic mass is 10.1. The first-order chi connectivity index (χ1) is 13.6. The molecule has 0 bridgehead atoms. The molecule has 2 heterocycles. The summed E-state index contributed by atoms with van der Waals surface area (Å²) in [7, 11) is 1.62. The van der Waals surface area contributed by atoms with Crippen LogP contribution in [0.1, 0.15) is 11.1 Å². The van der Waals surface area contributed by atoms with Crippen molar-refractivity contribution in [3.05, 3.63) is 74.1 Å². The summed E-state index contributed by atoms with van der Waals surface area (Å²) in [4.78, 5) is 20.2. The topological polar surface area (TPSA) is 94.9 Å². The zero-order valence-corrected chi connectivity index (χ0v) is 16.3. The van der Waals surface area contributed by atoms with E-state index >= 15 is 0 Å². The fraction of sp³-hybridized carbons (Fsp3) is 0.211. The summed E-state index contributed by atoms with van der Waals surface area (Å²) in [6.07, 6.45) is 5.08. The lowest BCUT2D eigenvalue weighted by Crippen LogP contribution is -2.13. The highest BCUT2D eigenvalue weighted by Gasteiger charge is 2.15. The van der Waals surface area contributed by atoms with Gasteiger partial charge in [-0.1, -0.05) is 18.2 Å². The lowest BCUT2D eigenvalue weighted by Gasteiger charge is -2.05. The average Bonchev–Trinajstić information content (AvgIpc) is 3.10. The van der Waals surface area contributed by atoms with E-state index in [1.807, 2.05) is 23.6 Å². The van der Waals surface area contributed by atoms with Crippen LogP contribution < -0.4 is 4.80 Å². The largest absolute Gasteiger partial charge is 0.383 e. The second kappa shape index (κ2) is 9.16. The van der Waals surface area contributed by atoms with Crippen LogP contribution in [-0.4, -0.2) is 41.1 Å². The number of hydrogen-bond acceptors (Lipinski definition) is 7. The Kier molecular flexibility index (Phi) is 6.41. The van der Waals surface area contributed by atoms with Gasteiger partial charge in [0.25, 0.3) is 5.69 Å². The predicted octanol–water partition coefficient (Wildman–Crippen LogP) is 3.26. The van der Waals surface area contributed by atoms with Gasteiger partial charge in [0.2, 0.25) is 4.80 Å². The maximum Gasteiger partial charge on any atom is 0.272 e. The van der Waals surface area contributed by atoms with Crippen LogP contribution in [0.25, 0.3) is 11.3 Å². The summed E-state index contributed by atoms with van der Waals surface area (Å²) in [5.41, 5.74) is 2.95. The number of rotatable bonds is 7. The number of hydrogen-bond donors (Lipinski definition) is 0. The van der Waals surface area contributed by atoms with E-state index < -0.39 is 0 Å². The summed E-state index contributed by atoms with van der Waals surface area (Å²) >= 11 is 1.42. The van der Waals surface area contributed by atoms with Crippen molar-refractivity contribution in [2.75, 3.05) is 20.3 Å². The van der Waals surface area contributed by atoms with Gasteiger partial charge >= 0.3 is 0 Å². The van der Waals surface area contributed by atoms with Crippen LogP contribution in [0.15, 0.2) is 58.2 Å². The van der Waals surface area contributed by atoms with Crippen LogP contribution in [0.2, 0.25) is 0 Å². The van der Waals surface area contributed by atoms with Gasteiger partial charge in [-0.2, -0.15) is 5.10 Å². The van der Waals surface area contributed by atoms with Crippen molar-refractivity contribution >= 4 is 23.2 Å². The molecule has 0 atom stereocenters. The van der Waals surface area contributed by atoms with Gasteiger partial charge in [-0.25, -0.2) is 4.68 Å². The first kappa shape index (κ1) is 19.6. The van der Waals surface area contributed by atoms with Crippen molar-refractivity contribution < 1.29 is 9.66 Å². The van der Waals surface area contributed by atoms with Crippen molar-refractivity contribution in [3.63, 3.8) is 0 Å². The molecular formula is C19H19N5O3S. The Morgan fingerprint density at radius 1 is 1.39 bits per heavy atom.